The maximum Gasteiger partial charge on any atom is 0.242 e. The van der Waals surface area contributed by atoms with Crippen LogP contribution in [0, 0.1) is 17.8 Å². The fraction of sp³-hybridized carbons (Fsp3) is 0.478. The van der Waals surface area contributed by atoms with Crippen molar-refractivity contribution >= 4 is 34.9 Å². The summed E-state index contributed by atoms with van der Waals surface area (Å²) in [7, 11) is 1.57. The first-order chi connectivity index (χ1) is 15.4. The second-order valence-electron chi connectivity index (χ2n) is 8.01. The average Bonchev–Trinajstić information content (AvgIpc) is 3.31. The van der Waals surface area contributed by atoms with Crippen LogP contribution < -0.4 is 16.3 Å². The van der Waals surface area contributed by atoms with Gasteiger partial charge in [-0.25, -0.2) is 0 Å². The number of nitrogens with one attached hydrogen (secondary N) is 3. The maximum atomic E-state index is 13.4. The molecule has 0 unspecified atom stereocenters. The number of thiophene rings is 1. The Labute approximate surface area is 198 Å². The quantitative estimate of drug-likeness (QED) is 0.244. The van der Waals surface area contributed by atoms with Gasteiger partial charge in [0.1, 0.15) is 6.04 Å². The number of hydrogen-bond donors (Lipinski definition) is 4. The number of hydrogen-bond acceptors (Lipinski definition) is 7. The third kappa shape index (κ3) is 8.91. The monoisotopic (exact) mass is 479 g/mol. The number of amides is 2. The van der Waals surface area contributed by atoms with Crippen molar-refractivity contribution in [2.24, 2.45) is 17.8 Å². The van der Waals surface area contributed by atoms with Gasteiger partial charge >= 0.3 is 0 Å². The zero-order valence-electron chi connectivity index (χ0n) is 18.7. The topological polar surface area (TPSA) is 99.7 Å². The van der Waals surface area contributed by atoms with Gasteiger partial charge in [0, 0.05) is 31.1 Å². The maximum absolute atomic E-state index is 13.4. The molecular weight excluding hydrogens is 446 g/mol. The van der Waals surface area contributed by atoms with E-state index in [1.165, 1.54) is 0 Å². The molecule has 0 saturated heterocycles. The Morgan fingerprint density at radius 3 is 2.47 bits per heavy atom. The highest BCUT2D eigenvalue weighted by atomic mass is 32.2. The molecular formula is C23H33N3O4S2. The van der Waals surface area contributed by atoms with E-state index in [-0.39, 0.29) is 36.2 Å². The summed E-state index contributed by atoms with van der Waals surface area (Å²) in [5.74, 6) is -0.0273. The molecule has 0 aliphatic rings. The molecule has 0 bridgehead atoms. The Balaban J connectivity index is 2.17. The normalized spacial score (nSPS) is 14.0. The fourth-order valence-corrected chi connectivity index (χ4v) is 5.47. The van der Waals surface area contributed by atoms with Crippen LogP contribution in [0.3, 0.4) is 0 Å². The predicted molar refractivity (Wildman–Crippen MR) is 128 cm³/mol. The van der Waals surface area contributed by atoms with Gasteiger partial charge in [0.05, 0.1) is 10.8 Å². The summed E-state index contributed by atoms with van der Waals surface area (Å²) < 4.78 is 1.16. The molecule has 2 amide bonds. The van der Waals surface area contributed by atoms with E-state index in [1.54, 1.807) is 35.8 Å². The van der Waals surface area contributed by atoms with Crippen molar-refractivity contribution in [3.05, 3.63) is 53.4 Å². The van der Waals surface area contributed by atoms with Crippen molar-refractivity contribution in [3.63, 3.8) is 0 Å². The van der Waals surface area contributed by atoms with E-state index in [9.17, 15) is 9.59 Å². The molecule has 0 radical (unpaired) electrons. The van der Waals surface area contributed by atoms with E-state index < -0.39 is 6.04 Å². The summed E-state index contributed by atoms with van der Waals surface area (Å²) in [6.45, 7) is 4.30. The molecule has 9 heteroatoms. The number of carbonyl (C=O) groups excluding carboxylic acids is 2. The molecule has 0 saturated carbocycles. The van der Waals surface area contributed by atoms with Crippen LogP contribution in [0.1, 0.15) is 25.8 Å². The van der Waals surface area contributed by atoms with Crippen LogP contribution >= 0.6 is 23.1 Å². The zero-order chi connectivity index (χ0) is 23.3. The van der Waals surface area contributed by atoms with Crippen LogP contribution in [0.25, 0.3) is 0 Å². The number of benzene rings is 1. The molecule has 2 rings (SSSR count). The zero-order valence-corrected chi connectivity index (χ0v) is 20.4. The Hall–Kier alpha value is -1.91. The molecule has 1 aromatic heterocycles. The van der Waals surface area contributed by atoms with Gasteiger partial charge in [0.25, 0.3) is 0 Å². The lowest BCUT2D eigenvalue weighted by molar-refractivity contribution is -0.146. The van der Waals surface area contributed by atoms with Crippen molar-refractivity contribution in [2.75, 3.05) is 19.4 Å². The molecule has 1 aromatic carbocycles. The molecule has 1 heterocycles. The van der Waals surface area contributed by atoms with E-state index in [2.05, 4.69) is 24.5 Å². The minimum absolute atomic E-state index is 0.161. The molecule has 2 aromatic rings. The highest BCUT2D eigenvalue weighted by Gasteiger charge is 2.32. The van der Waals surface area contributed by atoms with Crippen molar-refractivity contribution < 1.29 is 19.6 Å². The molecule has 0 spiro atoms. The summed E-state index contributed by atoms with van der Waals surface area (Å²) in [6.07, 6.45) is 1.05. The summed E-state index contributed by atoms with van der Waals surface area (Å²) in [5, 5.41) is 16.6. The second kappa shape index (κ2) is 14.3. The van der Waals surface area contributed by atoms with Crippen LogP contribution in [0.15, 0.2) is 52.1 Å². The Morgan fingerprint density at radius 1 is 1.12 bits per heavy atom. The van der Waals surface area contributed by atoms with Crippen molar-refractivity contribution in [1.82, 2.24) is 16.3 Å². The van der Waals surface area contributed by atoms with Crippen molar-refractivity contribution in [2.45, 2.75) is 36.9 Å². The molecule has 0 fully saturated rings. The minimum Gasteiger partial charge on any atom is -0.357 e. The van der Waals surface area contributed by atoms with Crippen LogP contribution in [0.4, 0.5) is 0 Å². The SMILES string of the molecule is CNC(=O)[C@H](Cc1ccccc1)NC(=O)[C@H](CC(C)C)[C@@H](CONO)CSc1cccs1. The van der Waals surface area contributed by atoms with Gasteiger partial charge in [-0.2, -0.15) is 0 Å². The van der Waals surface area contributed by atoms with E-state index in [4.69, 9.17) is 10.0 Å². The lowest BCUT2D eigenvalue weighted by atomic mass is 9.85. The van der Waals surface area contributed by atoms with Crippen LogP contribution in [-0.4, -0.2) is 42.5 Å². The number of thioether (sulfide) groups is 1. The molecule has 3 atom stereocenters. The molecule has 0 aliphatic heterocycles. The Kier molecular flexibility index (Phi) is 11.8. The number of likely N-dealkylation sites (N-methyl/N-ethyl adjacent to an activating group) is 1. The van der Waals surface area contributed by atoms with Gasteiger partial charge in [-0.3, -0.25) is 19.6 Å². The van der Waals surface area contributed by atoms with Gasteiger partial charge in [-0.05, 0) is 29.3 Å². The highest BCUT2D eigenvalue weighted by molar-refractivity contribution is 8.01. The van der Waals surface area contributed by atoms with Crippen LogP contribution in [0.2, 0.25) is 0 Å². The van der Waals surface area contributed by atoms with E-state index in [0.717, 1.165) is 9.77 Å². The van der Waals surface area contributed by atoms with Gasteiger partial charge in [-0.1, -0.05) is 55.9 Å². The summed E-state index contributed by atoms with van der Waals surface area (Å²) in [4.78, 5) is 31.0. The minimum atomic E-state index is -0.674. The third-order valence-electron chi connectivity index (χ3n) is 5.09. The summed E-state index contributed by atoms with van der Waals surface area (Å²) in [5.41, 5.74) is 2.71. The third-order valence-corrected chi connectivity index (χ3v) is 7.41. The number of carbonyl (C=O) groups is 2. The van der Waals surface area contributed by atoms with E-state index >= 15 is 0 Å². The van der Waals surface area contributed by atoms with E-state index in [1.807, 2.05) is 47.8 Å². The Morgan fingerprint density at radius 2 is 1.88 bits per heavy atom. The Bertz CT molecular complexity index is 803. The highest BCUT2D eigenvalue weighted by Crippen LogP contribution is 2.31. The van der Waals surface area contributed by atoms with Gasteiger partial charge in [0.15, 0.2) is 0 Å². The van der Waals surface area contributed by atoms with Crippen LogP contribution in [0.5, 0.6) is 0 Å². The van der Waals surface area contributed by atoms with Crippen molar-refractivity contribution in [1.29, 1.82) is 0 Å². The molecule has 4 N–H and O–H groups in total. The smallest absolute Gasteiger partial charge is 0.242 e. The standard InChI is InChI=1S/C23H33N3O4S2/c1-16(2)12-19(18(14-30-26-29)15-32-21-10-7-11-31-21)22(27)25-20(23(28)24-3)13-17-8-5-4-6-9-17/h4-11,16,18-20,26,29H,12-15H2,1-3H3,(H,24,28)(H,25,27)/t18-,19+,20-/m0/s1. The van der Waals surface area contributed by atoms with Crippen LogP contribution in [-0.2, 0) is 20.8 Å². The van der Waals surface area contributed by atoms with Crippen molar-refractivity contribution in [3.8, 4) is 0 Å². The average molecular weight is 480 g/mol. The van der Waals surface area contributed by atoms with Gasteiger partial charge < -0.3 is 10.6 Å². The molecule has 0 aliphatic carbocycles. The number of rotatable bonds is 14. The van der Waals surface area contributed by atoms with E-state index in [0.29, 0.717) is 18.6 Å². The summed E-state index contributed by atoms with van der Waals surface area (Å²) in [6, 6.07) is 13.0. The second-order valence-corrected chi connectivity index (χ2v) is 10.3. The predicted octanol–water partition coefficient (Wildman–Crippen LogP) is 3.50. The summed E-state index contributed by atoms with van der Waals surface area (Å²) >= 11 is 3.31. The lowest BCUT2D eigenvalue weighted by Gasteiger charge is -2.29. The largest absolute Gasteiger partial charge is 0.357 e. The molecule has 7 nitrogen and oxygen atoms in total. The first-order valence-electron chi connectivity index (χ1n) is 10.7. The first kappa shape index (κ1) is 26.3. The van der Waals surface area contributed by atoms with Gasteiger partial charge in [0.2, 0.25) is 11.8 Å². The lowest BCUT2D eigenvalue weighted by Crippen LogP contribution is -2.50. The fourth-order valence-electron chi connectivity index (χ4n) is 3.49. The van der Waals surface area contributed by atoms with Gasteiger partial charge in [-0.15, -0.1) is 23.1 Å². The molecule has 32 heavy (non-hydrogen) atoms. The first-order valence-corrected chi connectivity index (χ1v) is 12.5. The molecule has 176 valence electrons.